The van der Waals surface area contributed by atoms with Crippen LogP contribution in [0.25, 0.3) is 0 Å². The summed E-state index contributed by atoms with van der Waals surface area (Å²) in [5.41, 5.74) is 10.2. The Bertz CT molecular complexity index is 624. The maximum absolute atomic E-state index is 6.31. The van der Waals surface area contributed by atoms with Crippen molar-refractivity contribution < 1.29 is 0 Å². The van der Waals surface area contributed by atoms with Crippen LogP contribution in [0.4, 0.5) is 5.69 Å². The molecule has 1 saturated heterocycles. The van der Waals surface area contributed by atoms with E-state index in [2.05, 4.69) is 48.2 Å². The van der Waals surface area contributed by atoms with Crippen molar-refractivity contribution in [1.82, 2.24) is 0 Å². The highest BCUT2D eigenvalue weighted by atomic mass is 35.5. The average molecular weight is 315 g/mol. The number of halogens is 1. The normalized spacial score (nSPS) is 21.9. The minimum atomic E-state index is 0.242. The van der Waals surface area contributed by atoms with Crippen molar-refractivity contribution in [1.29, 1.82) is 0 Å². The molecule has 1 fully saturated rings. The molecule has 1 aliphatic heterocycles. The Morgan fingerprint density at radius 1 is 1.14 bits per heavy atom. The number of hydrogen-bond donors (Lipinski definition) is 1. The Morgan fingerprint density at radius 3 is 2.64 bits per heavy atom. The van der Waals surface area contributed by atoms with Gasteiger partial charge in [-0.15, -0.1) is 0 Å². The van der Waals surface area contributed by atoms with Gasteiger partial charge in [-0.05, 0) is 61.1 Å². The van der Waals surface area contributed by atoms with Gasteiger partial charge in [-0.2, -0.15) is 0 Å². The third-order valence-corrected chi connectivity index (χ3v) is 4.63. The second-order valence-corrected chi connectivity index (χ2v) is 6.87. The largest absolute Gasteiger partial charge is 0.370 e. The topological polar surface area (TPSA) is 29.3 Å². The lowest BCUT2D eigenvalue weighted by atomic mass is 9.88. The molecule has 2 nitrogen and oxygen atoms in total. The zero-order chi connectivity index (χ0) is 15.5. The Morgan fingerprint density at radius 2 is 1.91 bits per heavy atom. The molecule has 3 heteroatoms. The van der Waals surface area contributed by atoms with E-state index in [1.165, 1.54) is 16.8 Å². The van der Waals surface area contributed by atoms with Crippen LogP contribution >= 0.6 is 11.6 Å². The van der Waals surface area contributed by atoms with E-state index in [0.29, 0.717) is 5.92 Å². The number of rotatable bonds is 3. The van der Waals surface area contributed by atoms with E-state index in [1.54, 1.807) is 0 Å². The van der Waals surface area contributed by atoms with Crippen molar-refractivity contribution in [3.63, 3.8) is 0 Å². The second kappa shape index (κ2) is 6.72. The smallest absolute Gasteiger partial charge is 0.0406 e. The van der Waals surface area contributed by atoms with Crippen LogP contribution in [0.15, 0.2) is 48.5 Å². The lowest BCUT2D eigenvalue weighted by Crippen LogP contribution is -2.47. The minimum absolute atomic E-state index is 0.242. The molecule has 0 radical (unpaired) electrons. The summed E-state index contributed by atoms with van der Waals surface area (Å²) >= 11 is 5.97. The summed E-state index contributed by atoms with van der Waals surface area (Å²) in [6, 6.07) is 17.1. The average Bonchev–Trinajstić information content (AvgIpc) is 2.49. The zero-order valence-electron chi connectivity index (χ0n) is 13.0. The molecule has 2 atom stereocenters. The molecule has 3 rings (SSSR count). The van der Waals surface area contributed by atoms with Gasteiger partial charge in [0.25, 0.3) is 0 Å². The monoisotopic (exact) mass is 314 g/mol. The van der Waals surface area contributed by atoms with Gasteiger partial charge >= 0.3 is 0 Å². The summed E-state index contributed by atoms with van der Waals surface area (Å²) in [5, 5.41) is 0.797. The van der Waals surface area contributed by atoms with Crippen LogP contribution in [0.1, 0.15) is 17.5 Å². The molecule has 2 aromatic rings. The number of nitrogens with two attached hydrogens (primary N) is 1. The van der Waals surface area contributed by atoms with Crippen molar-refractivity contribution in [2.75, 3.05) is 18.0 Å². The molecule has 2 N–H and O–H groups in total. The first kappa shape index (κ1) is 15.4. The Hall–Kier alpha value is -1.51. The Labute approximate surface area is 137 Å². The summed E-state index contributed by atoms with van der Waals surface area (Å²) < 4.78 is 0. The van der Waals surface area contributed by atoms with E-state index >= 15 is 0 Å². The van der Waals surface area contributed by atoms with Crippen LogP contribution in [0, 0.1) is 12.8 Å². The molecule has 2 aromatic carbocycles. The molecular formula is C19H23ClN2. The third-order valence-electron chi connectivity index (χ3n) is 4.37. The molecule has 0 aliphatic carbocycles. The molecule has 116 valence electrons. The zero-order valence-corrected chi connectivity index (χ0v) is 13.8. The van der Waals surface area contributed by atoms with Crippen molar-refractivity contribution in [3.8, 4) is 0 Å². The number of anilines is 1. The van der Waals surface area contributed by atoms with Crippen LogP contribution in [0.2, 0.25) is 5.02 Å². The molecule has 0 bridgehead atoms. The quantitative estimate of drug-likeness (QED) is 0.926. The standard InChI is InChI=1S/C19H23ClN2/c1-14-3-2-4-19(9-14)22-12-16(11-18(21)13-22)10-15-5-7-17(20)8-6-15/h2-9,16,18H,10-13,21H2,1H3. The molecular weight excluding hydrogens is 292 g/mol. The maximum Gasteiger partial charge on any atom is 0.0406 e. The van der Waals surface area contributed by atoms with Gasteiger partial charge in [0.2, 0.25) is 0 Å². The molecule has 2 unspecified atom stereocenters. The fraction of sp³-hybridized carbons (Fsp3) is 0.368. The Balaban J connectivity index is 1.72. The van der Waals surface area contributed by atoms with Crippen LogP contribution in [-0.4, -0.2) is 19.1 Å². The first-order chi connectivity index (χ1) is 10.6. The first-order valence-corrected chi connectivity index (χ1v) is 8.29. The van der Waals surface area contributed by atoms with E-state index in [0.717, 1.165) is 31.0 Å². The van der Waals surface area contributed by atoms with Crippen molar-refractivity contribution >= 4 is 17.3 Å². The fourth-order valence-electron chi connectivity index (χ4n) is 3.38. The highest BCUT2D eigenvalue weighted by Crippen LogP contribution is 2.26. The molecule has 22 heavy (non-hydrogen) atoms. The summed E-state index contributed by atoms with van der Waals surface area (Å²) in [6.07, 6.45) is 2.15. The molecule has 0 aromatic heterocycles. The van der Waals surface area contributed by atoms with Gasteiger partial charge in [0.15, 0.2) is 0 Å². The van der Waals surface area contributed by atoms with Crippen LogP contribution < -0.4 is 10.6 Å². The second-order valence-electron chi connectivity index (χ2n) is 6.44. The predicted molar refractivity (Wildman–Crippen MR) is 94.6 cm³/mol. The maximum atomic E-state index is 6.31. The Kier molecular flexibility index (Phi) is 4.70. The van der Waals surface area contributed by atoms with Crippen LogP contribution in [0.5, 0.6) is 0 Å². The summed E-state index contributed by atoms with van der Waals surface area (Å²) in [4.78, 5) is 2.43. The molecule has 0 saturated carbocycles. The predicted octanol–water partition coefficient (Wildman–Crippen LogP) is 4.04. The number of piperidine rings is 1. The molecule has 1 heterocycles. The third kappa shape index (κ3) is 3.82. The minimum Gasteiger partial charge on any atom is -0.370 e. The summed E-state index contributed by atoms with van der Waals surface area (Å²) in [6.45, 7) is 4.15. The summed E-state index contributed by atoms with van der Waals surface area (Å²) in [7, 11) is 0. The van der Waals surface area contributed by atoms with Crippen molar-refractivity contribution in [2.45, 2.75) is 25.8 Å². The van der Waals surface area contributed by atoms with Gasteiger partial charge < -0.3 is 10.6 Å². The summed E-state index contributed by atoms with van der Waals surface area (Å²) in [5.74, 6) is 0.588. The molecule has 0 amide bonds. The van der Waals surface area contributed by atoms with Gasteiger partial charge in [-0.3, -0.25) is 0 Å². The van der Waals surface area contributed by atoms with Crippen molar-refractivity contribution in [2.24, 2.45) is 11.7 Å². The number of hydrogen-bond acceptors (Lipinski definition) is 2. The van der Waals surface area contributed by atoms with Gasteiger partial charge in [0, 0.05) is 29.8 Å². The lowest BCUT2D eigenvalue weighted by molar-refractivity contribution is 0.374. The molecule has 1 aliphatic rings. The lowest BCUT2D eigenvalue weighted by Gasteiger charge is -2.38. The highest BCUT2D eigenvalue weighted by Gasteiger charge is 2.25. The van der Waals surface area contributed by atoms with Gasteiger partial charge in [-0.25, -0.2) is 0 Å². The van der Waals surface area contributed by atoms with Crippen molar-refractivity contribution in [3.05, 3.63) is 64.7 Å². The SMILES string of the molecule is Cc1cccc(N2CC(N)CC(Cc3ccc(Cl)cc3)C2)c1. The van der Waals surface area contributed by atoms with E-state index < -0.39 is 0 Å². The van der Waals surface area contributed by atoms with Gasteiger partial charge in [0.05, 0.1) is 0 Å². The van der Waals surface area contributed by atoms with E-state index in [4.69, 9.17) is 17.3 Å². The van der Waals surface area contributed by atoms with E-state index in [1.807, 2.05) is 12.1 Å². The first-order valence-electron chi connectivity index (χ1n) is 7.92. The van der Waals surface area contributed by atoms with Gasteiger partial charge in [-0.1, -0.05) is 35.9 Å². The molecule has 0 spiro atoms. The van der Waals surface area contributed by atoms with Crippen LogP contribution in [0.3, 0.4) is 0 Å². The fourth-order valence-corrected chi connectivity index (χ4v) is 3.51. The number of benzene rings is 2. The van der Waals surface area contributed by atoms with E-state index in [-0.39, 0.29) is 6.04 Å². The van der Waals surface area contributed by atoms with Gasteiger partial charge in [0.1, 0.15) is 0 Å². The number of nitrogens with zero attached hydrogens (tertiary/aromatic N) is 1. The van der Waals surface area contributed by atoms with E-state index in [9.17, 15) is 0 Å². The highest BCUT2D eigenvalue weighted by molar-refractivity contribution is 6.30. The van der Waals surface area contributed by atoms with Crippen LogP contribution in [-0.2, 0) is 6.42 Å². The number of aryl methyl sites for hydroxylation is 1.